The van der Waals surface area contributed by atoms with Crippen molar-refractivity contribution in [1.29, 1.82) is 0 Å². The lowest BCUT2D eigenvalue weighted by Crippen LogP contribution is -2.34. The molecule has 1 aliphatic carbocycles. The van der Waals surface area contributed by atoms with Gasteiger partial charge in [-0.1, -0.05) is 5.16 Å². The van der Waals surface area contributed by atoms with Crippen LogP contribution in [0.2, 0.25) is 0 Å². The van der Waals surface area contributed by atoms with Crippen LogP contribution in [0.25, 0.3) is 0 Å². The van der Waals surface area contributed by atoms with Crippen LogP contribution in [-0.4, -0.2) is 27.5 Å². The predicted octanol–water partition coefficient (Wildman–Crippen LogP) is 2.14. The number of fused-ring (bicyclic) bond motifs is 1. The number of aryl methyl sites for hydroxylation is 3. The van der Waals surface area contributed by atoms with Crippen molar-refractivity contribution in [3.63, 3.8) is 0 Å². The van der Waals surface area contributed by atoms with Crippen molar-refractivity contribution in [3.05, 3.63) is 50.8 Å². The van der Waals surface area contributed by atoms with Gasteiger partial charge in [0, 0.05) is 18.3 Å². The Morgan fingerprint density at radius 1 is 1.35 bits per heavy atom. The maximum absolute atomic E-state index is 12.9. The minimum Gasteiger partial charge on any atom is -0.359 e. The summed E-state index contributed by atoms with van der Waals surface area (Å²) < 4.78 is 5.34. The van der Waals surface area contributed by atoms with E-state index in [1.165, 1.54) is 0 Å². The highest BCUT2D eigenvalue weighted by Crippen LogP contribution is 2.33. The Balaban J connectivity index is 1.67. The maximum atomic E-state index is 12.9. The quantitative estimate of drug-likeness (QED) is 0.921. The van der Waals surface area contributed by atoms with Gasteiger partial charge in [0.05, 0.1) is 11.7 Å². The van der Waals surface area contributed by atoms with Crippen molar-refractivity contribution < 1.29 is 9.32 Å². The van der Waals surface area contributed by atoms with Gasteiger partial charge in [-0.3, -0.25) is 9.59 Å². The van der Waals surface area contributed by atoms with Crippen molar-refractivity contribution >= 4 is 5.91 Å². The zero-order valence-electron chi connectivity index (χ0n) is 13.1. The number of aromatic nitrogens is 2. The Morgan fingerprint density at radius 3 is 3.00 bits per heavy atom. The zero-order valence-corrected chi connectivity index (χ0v) is 13.1. The molecule has 0 aromatic carbocycles. The molecule has 0 saturated carbocycles. The van der Waals surface area contributed by atoms with E-state index in [-0.39, 0.29) is 23.1 Å². The second kappa shape index (κ2) is 5.37. The normalized spacial score (nSPS) is 20.0. The number of carbonyl (C=O) groups excluding carboxylic acids is 1. The smallest absolute Gasteiger partial charge is 0.261 e. The summed E-state index contributed by atoms with van der Waals surface area (Å²) >= 11 is 0. The van der Waals surface area contributed by atoms with Gasteiger partial charge in [0.1, 0.15) is 5.56 Å². The summed E-state index contributed by atoms with van der Waals surface area (Å²) in [6, 6.07) is 3.52. The summed E-state index contributed by atoms with van der Waals surface area (Å²) in [5, 5.41) is 3.91. The number of nitrogens with zero attached hydrogens (tertiary/aromatic N) is 2. The zero-order chi connectivity index (χ0) is 16.0. The fourth-order valence-corrected chi connectivity index (χ4v) is 3.67. The highest BCUT2D eigenvalue weighted by Gasteiger charge is 2.34. The molecule has 2 aromatic heterocycles. The number of H-pyrrole nitrogens is 1. The molecule has 1 unspecified atom stereocenters. The van der Waals surface area contributed by atoms with Crippen molar-refractivity contribution in [3.8, 4) is 0 Å². The molecule has 23 heavy (non-hydrogen) atoms. The number of hydrogen-bond donors (Lipinski definition) is 1. The third-order valence-electron chi connectivity index (χ3n) is 4.81. The highest BCUT2D eigenvalue weighted by atomic mass is 16.5. The van der Waals surface area contributed by atoms with E-state index in [9.17, 15) is 9.59 Å². The van der Waals surface area contributed by atoms with Gasteiger partial charge in [-0.15, -0.1) is 0 Å². The van der Waals surface area contributed by atoms with Gasteiger partial charge in [-0.25, -0.2) is 0 Å². The number of nitrogens with one attached hydrogen (secondary N) is 1. The molecule has 1 aliphatic heterocycles. The van der Waals surface area contributed by atoms with E-state index in [1.54, 1.807) is 11.0 Å². The van der Waals surface area contributed by atoms with Gasteiger partial charge in [0.25, 0.3) is 11.5 Å². The predicted molar refractivity (Wildman–Crippen MR) is 83.3 cm³/mol. The van der Waals surface area contributed by atoms with Crippen molar-refractivity contribution in [1.82, 2.24) is 15.0 Å². The number of pyridine rings is 1. The minimum absolute atomic E-state index is 0.128. The lowest BCUT2D eigenvalue weighted by Gasteiger charge is -2.22. The molecule has 0 radical (unpaired) electrons. The van der Waals surface area contributed by atoms with Crippen LogP contribution in [-0.2, 0) is 12.8 Å². The standard InChI is InChI=1S/C17H19N3O3/c1-10-8-15(23-19-10)14-6-3-7-20(14)17(22)12-9-11-4-2-5-13(11)18-16(12)21/h8-9,14H,2-7H2,1H3,(H,18,21). The number of aromatic amines is 1. The van der Waals surface area contributed by atoms with Crippen LogP contribution in [0.3, 0.4) is 0 Å². The van der Waals surface area contributed by atoms with Crippen molar-refractivity contribution in [2.75, 3.05) is 6.54 Å². The van der Waals surface area contributed by atoms with Crippen molar-refractivity contribution in [2.24, 2.45) is 0 Å². The highest BCUT2D eigenvalue weighted by molar-refractivity contribution is 5.94. The van der Waals surface area contributed by atoms with Crippen molar-refractivity contribution in [2.45, 2.75) is 45.1 Å². The molecule has 0 spiro atoms. The van der Waals surface area contributed by atoms with Crippen LogP contribution < -0.4 is 5.56 Å². The Morgan fingerprint density at radius 2 is 2.22 bits per heavy atom. The summed E-state index contributed by atoms with van der Waals surface area (Å²) in [6.45, 7) is 2.50. The van der Waals surface area contributed by atoms with E-state index in [4.69, 9.17) is 4.52 Å². The largest absolute Gasteiger partial charge is 0.359 e. The lowest BCUT2D eigenvalue weighted by molar-refractivity contribution is 0.0712. The average Bonchev–Trinajstić information content (AvgIpc) is 3.24. The third kappa shape index (κ3) is 2.38. The Bertz CT molecular complexity index is 821. The third-order valence-corrected chi connectivity index (χ3v) is 4.81. The maximum Gasteiger partial charge on any atom is 0.261 e. The van der Waals surface area contributed by atoms with E-state index in [1.807, 2.05) is 13.0 Å². The van der Waals surface area contributed by atoms with E-state index >= 15 is 0 Å². The topological polar surface area (TPSA) is 79.2 Å². The van der Waals surface area contributed by atoms with E-state index in [0.717, 1.165) is 49.1 Å². The fourth-order valence-electron chi connectivity index (χ4n) is 3.67. The molecule has 2 aliphatic rings. The molecule has 1 saturated heterocycles. The van der Waals surface area contributed by atoms with Gasteiger partial charge in [0.15, 0.2) is 5.76 Å². The van der Waals surface area contributed by atoms with Crippen LogP contribution in [0, 0.1) is 6.92 Å². The molecule has 1 fully saturated rings. The van der Waals surface area contributed by atoms with E-state index in [0.29, 0.717) is 12.3 Å². The number of amides is 1. The molecule has 2 aromatic rings. The first-order valence-electron chi connectivity index (χ1n) is 8.13. The summed E-state index contributed by atoms with van der Waals surface area (Å²) in [5.41, 5.74) is 2.84. The van der Waals surface area contributed by atoms with Crippen LogP contribution in [0.4, 0.5) is 0 Å². The molecule has 6 heteroatoms. The molecular weight excluding hydrogens is 294 g/mol. The van der Waals surface area contributed by atoms with Gasteiger partial charge in [-0.2, -0.15) is 0 Å². The van der Waals surface area contributed by atoms with Gasteiger partial charge in [0.2, 0.25) is 0 Å². The van der Waals surface area contributed by atoms with Gasteiger partial charge in [-0.05, 0) is 50.7 Å². The minimum atomic E-state index is -0.282. The first-order valence-corrected chi connectivity index (χ1v) is 8.13. The van der Waals surface area contributed by atoms with Crippen LogP contribution >= 0.6 is 0 Å². The second-order valence-electron chi connectivity index (χ2n) is 6.40. The van der Waals surface area contributed by atoms with Gasteiger partial charge < -0.3 is 14.4 Å². The molecule has 1 amide bonds. The summed E-state index contributed by atoms with van der Waals surface area (Å²) in [4.78, 5) is 29.8. The first kappa shape index (κ1) is 14.2. The van der Waals surface area contributed by atoms with Crippen LogP contribution in [0.5, 0.6) is 0 Å². The molecule has 3 heterocycles. The average molecular weight is 313 g/mol. The monoisotopic (exact) mass is 313 g/mol. The molecule has 6 nitrogen and oxygen atoms in total. The lowest BCUT2D eigenvalue weighted by atomic mass is 10.1. The summed E-state index contributed by atoms with van der Waals surface area (Å²) in [7, 11) is 0. The van der Waals surface area contributed by atoms with E-state index in [2.05, 4.69) is 10.1 Å². The molecular formula is C17H19N3O3. The molecule has 1 atom stereocenters. The first-order chi connectivity index (χ1) is 11.1. The Kier molecular flexibility index (Phi) is 3.32. The summed E-state index contributed by atoms with van der Waals surface area (Å²) in [5.74, 6) is 0.489. The number of likely N-dealkylation sites (tertiary alicyclic amines) is 1. The summed E-state index contributed by atoms with van der Waals surface area (Å²) in [6.07, 6.45) is 4.59. The molecule has 0 bridgehead atoms. The van der Waals surface area contributed by atoms with Crippen LogP contribution in [0.15, 0.2) is 21.5 Å². The SMILES string of the molecule is Cc1cc(C2CCCN2C(=O)c2cc3c([nH]c2=O)CCC3)on1. The second-order valence-corrected chi connectivity index (χ2v) is 6.40. The fraction of sp³-hybridized carbons (Fsp3) is 0.471. The Hall–Kier alpha value is -2.37. The Labute approximate surface area is 133 Å². The number of carbonyl (C=O) groups is 1. The van der Waals surface area contributed by atoms with E-state index < -0.39 is 0 Å². The molecule has 4 rings (SSSR count). The molecule has 120 valence electrons. The van der Waals surface area contributed by atoms with Gasteiger partial charge >= 0.3 is 0 Å². The number of rotatable bonds is 2. The molecule has 1 N–H and O–H groups in total. The van der Waals surface area contributed by atoms with Crippen LogP contribution in [0.1, 0.15) is 58.4 Å². The number of hydrogen-bond acceptors (Lipinski definition) is 4.